The molecule has 0 aliphatic carbocycles. The lowest BCUT2D eigenvalue weighted by atomic mass is 10.3. The predicted octanol–water partition coefficient (Wildman–Crippen LogP) is 4.24. The van der Waals surface area contributed by atoms with E-state index < -0.39 is 0 Å². The molecule has 3 nitrogen and oxygen atoms in total. The molecule has 16 heavy (non-hydrogen) atoms. The van der Waals surface area contributed by atoms with Crippen molar-refractivity contribution in [3.05, 3.63) is 43.8 Å². The molecule has 1 heterocycles. The van der Waals surface area contributed by atoms with Crippen molar-refractivity contribution in [1.82, 2.24) is 9.97 Å². The molecule has 0 fully saturated rings. The zero-order chi connectivity index (χ0) is 11.5. The van der Waals surface area contributed by atoms with Crippen LogP contribution in [0.4, 0.5) is 11.5 Å². The fourth-order valence-electron chi connectivity index (χ4n) is 1.10. The van der Waals surface area contributed by atoms with Crippen LogP contribution in [0.2, 0.25) is 5.28 Å². The first-order chi connectivity index (χ1) is 7.65. The summed E-state index contributed by atoms with van der Waals surface area (Å²) in [6, 6.07) is 7.98. The third kappa shape index (κ3) is 3.05. The largest absolute Gasteiger partial charge is 0.339 e. The summed E-state index contributed by atoms with van der Waals surface area (Å²) in [6.45, 7) is 0. The second-order valence-electron chi connectivity index (χ2n) is 2.97. The van der Waals surface area contributed by atoms with Gasteiger partial charge in [0.25, 0.3) is 0 Å². The molecule has 0 aliphatic heterocycles. The summed E-state index contributed by atoms with van der Waals surface area (Å²) >= 11 is 11.3. The monoisotopic (exact) mass is 409 g/mol. The average Bonchev–Trinajstić information content (AvgIpc) is 2.27. The Morgan fingerprint density at radius 2 is 1.94 bits per heavy atom. The van der Waals surface area contributed by atoms with Crippen LogP contribution in [0.15, 0.2) is 34.9 Å². The van der Waals surface area contributed by atoms with E-state index in [0.717, 1.165) is 10.2 Å². The number of benzene rings is 1. The van der Waals surface area contributed by atoms with Gasteiger partial charge in [-0.05, 0) is 74.4 Å². The normalized spacial score (nSPS) is 10.2. The van der Waals surface area contributed by atoms with Crippen LogP contribution in [0.5, 0.6) is 0 Å². The fourth-order valence-corrected chi connectivity index (χ4v) is 1.89. The second-order valence-corrected chi connectivity index (χ2v) is 5.41. The Morgan fingerprint density at radius 3 is 2.62 bits per heavy atom. The third-order valence-corrected chi connectivity index (χ3v) is 3.30. The highest BCUT2D eigenvalue weighted by molar-refractivity contribution is 14.1. The maximum atomic E-state index is 5.72. The van der Waals surface area contributed by atoms with Gasteiger partial charge in [0.1, 0.15) is 5.82 Å². The number of aromatic nitrogens is 2. The summed E-state index contributed by atoms with van der Waals surface area (Å²) in [5.41, 5.74) is 0.955. The molecule has 1 aromatic carbocycles. The summed E-state index contributed by atoms with van der Waals surface area (Å²) in [4.78, 5) is 7.95. The molecular weight excluding hydrogens is 404 g/mol. The van der Waals surface area contributed by atoms with Gasteiger partial charge in [-0.25, -0.2) is 4.98 Å². The van der Waals surface area contributed by atoms with Gasteiger partial charge < -0.3 is 5.32 Å². The maximum absolute atomic E-state index is 5.72. The maximum Gasteiger partial charge on any atom is 0.224 e. The summed E-state index contributed by atoms with van der Waals surface area (Å²) in [5, 5.41) is 3.37. The number of rotatable bonds is 2. The summed E-state index contributed by atoms with van der Waals surface area (Å²) in [6.07, 6.45) is 1.62. The van der Waals surface area contributed by atoms with Crippen molar-refractivity contribution >= 4 is 61.6 Å². The van der Waals surface area contributed by atoms with E-state index in [-0.39, 0.29) is 5.28 Å². The van der Waals surface area contributed by atoms with Crippen molar-refractivity contribution in [3.8, 4) is 0 Å². The molecule has 0 bridgehead atoms. The number of anilines is 2. The van der Waals surface area contributed by atoms with Crippen molar-refractivity contribution in [3.63, 3.8) is 0 Å². The summed E-state index contributed by atoms with van der Waals surface area (Å²) in [5.74, 6) is 0.654. The molecule has 2 aromatic rings. The molecule has 0 radical (unpaired) electrons. The van der Waals surface area contributed by atoms with Crippen LogP contribution in [-0.4, -0.2) is 9.97 Å². The number of hydrogen-bond acceptors (Lipinski definition) is 3. The lowest BCUT2D eigenvalue weighted by molar-refractivity contribution is 1.15. The van der Waals surface area contributed by atoms with Crippen LogP contribution < -0.4 is 5.32 Å². The Kier molecular flexibility index (Phi) is 3.99. The van der Waals surface area contributed by atoms with Crippen molar-refractivity contribution in [2.45, 2.75) is 0 Å². The zero-order valence-corrected chi connectivity index (χ0v) is 12.4. The molecule has 0 aliphatic rings. The molecule has 82 valence electrons. The Labute approximate surface area is 120 Å². The average molecular weight is 410 g/mol. The van der Waals surface area contributed by atoms with Crippen molar-refractivity contribution < 1.29 is 0 Å². The van der Waals surface area contributed by atoms with E-state index >= 15 is 0 Å². The van der Waals surface area contributed by atoms with E-state index in [4.69, 9.17) is 11.6 Å². The van der Waals surface area contributed by atoms with Crippen LogP contribution in [0, 0.1) is 3.57 Å². The first-order valence-corrected chi connectivity index (χ1v) is 6.61. The fraction of sp³-hybridized carbons (Fsp3) is 0. The van der Waals surface area contributed by atoms with Gasteiger partial charge in [-0.15, -0.1) is 0 Å². The van der Waals surface area contributed by atoms with E-state index in [2.05, 4.69) is 53.8 Å². The lowest BCUT2D eigenvalue weighted by Crippen LogP contribution is -1.96. The van der Waals surface area contributed by atoms with Gasteiger partial charge >= 0.3 is 0 Å². The minimum Gasteiger partial charge on any atom is -0.339 e. The lowest BCUT2D eigenvalue weighted by Gasteiger charge is -2.07. The molecule has 0 spiro atoms. The highest BCUT2D eigenvalue weighted by atomic mass is 127. The van der Waals surface area contributed by atoms with Crippen molar-refractivity contribution in [1.29, 1.82) is 0 Å². The standard InChI is InChI=1S/C10H6BrClIN3/c11-8-5-14-10(12)16-9(8)15-7-3-1-6(13)2-4-7/h1-5H,(H,14,15,16). The van der Waals surface area contributed by atoms with Gasteiger partial charge in [0.2, 0.25) is 5.28 Å². The van der Waals surface area contributed by atoms with Crippen LogP contribution in [-0.2, 0) is 0 Å². The molecule has 0 unspecified atom stereocenters. The van der Waals surface area contributed by atoms with Crippen molar-refractivity contribution in [2.24, 2.45) is 0 Å². The minimum absolute atomic E-state index is 0.219. The van der Waals surface area contributed by atoms with Gasteiger partial charge in [-0.1, -0.05) is 0 Å². The third-order valence-electron chi connectivity index (χ3n) is 1.82. The van der Waals surface area contributed by atoms with E-state index in [1.165, 1.54) is 3.57 Å². The van der Waals surface area contributed by atoms with Crippen LogP contribution in [0.25, 0.3) is 0 Å². The van der Waals surface area contributed by atoms with Crippen LogP contribution in [0.1, 0.15) is 0 Å². The zero-order valence-electron chi connectivity index (χ0n) is 7.92. The molecule has 1 N–H and O–H groups in total. The van der Waals surface area contributed by atoms with Crippen LogP contribution >= 0.6 is 50.1 Å². The quantitative estimate of drug-likeness (QED) is 0.595. The van der Waals surface area contributed by atoms with Gasteiger partial charge in [-0.2, -0.15) is 4.98 Å². The SMILES string of the molecule is Clc1ncc(Br)c(Nc2ccc(I)cc2)n1. The Morgan fingerprint density at radius 1 is 1.25 bits per heavy atom. The second kappa shape index (κ2) is 5.29. The van der Waals surface area contributed by atoms with Gasteiger partial charge in [0.15, 0.2) is 0 Å². The molecule has 0 saturated carbocycles. The molecule has 2 rings (SSSR count). The van der Waals surface area contributed by atoms with Gasteiger partial charge in [-0.3, -0.25) is 0 Å². The Balaban J connectivity index is 2.26. The number of halogens is 3. The Bertz CT molecular complexity index is 504. The van der Waals surface area contributed by atoms with Gasteiger partial charge in [0, 0.05) is 15.5 Å². The van der Waals surface area contributed by atoms with Gasteiger partial charge in [0.05, 0.1) is 4.47 Å². The highest BCUT2D eigenvalue weighted by Crippen LogP contribution is 2.24. The number of nitrogens with zero attached hydrogens (tertiary/aromatic N) is 2. The molecule has 6 heteroatoms. The molecule has 1 aromatic heterocycles. The Hall–Kier alpha value is -0.400. The predicted molar refractivity (Wildman–Crippen MR) is 77.2 cm³/mol. The topological polar surface area (TPSA) is 37.8 Å². The number of nitrogens with one attached hydrogen (secondary N) is 1. The molecule has 0 amide bonds. The number of hydrogen-bond donors (Lipinski definition) is 1. The first kappa shape index (κ1) is 12.1. The highest BCUT2D eigenvalue weighted by Gasteiger charge is 2.03. The molecular formula is C10H6BrClIN3. The smallest absolute Gasteiger partial charge is 0.224 e. The van der Waals surface area contributed by atoms with E-state index in [0.29, 0.717) is 5.82 Å². The molecule has 0 atom stereocenters. The van der Waals surface area contributed by atoms with Crippen molar-refractivity contribution in [2.75, 3.05) is 5.32 Å². The first-order valence-electron chi connectivity index (χ1n) is 4.36. The summed E-state index contributed by atoms with van der Waals surface area (Å²) in [7, 11) is 0. The van der Waals surface area contributed by atoms with E-state index in [1.807, 2.05) is 24.3 Å². The van der Waals surface area contributed by atoms with E-state index in [1.54, 1.807) is 6.20 Å². The molecule has 0 saturated heterocycles. The van der Waals surface area contributed by atoms with Crippen LogP contribution in [0.3, 0.4) is 0 Å². The summed E-state index contributed by atoms with van der Waals surface area (Å²) < 4.78 is 1.96. The van der Waals surface area contributed by atoms with E-state index in [9.17, 15) is 0 Å². The minimum atomic E-state index is 0.219.